The highest BCUT2D eigenvalue weighted by molar-refractivity contribution is 5.76. The molecule has 0 saturated heterocycles. The number of hydrogen-bond acceptors (Lipinski definition) is 4. The molecule has 1 rings (SSSR count). The van der Waals surface area contributed by atoms with Crippen molar-refractivity contribution in [3.05, 3.63) is 23.5 Å². The fraction of sp³-hybridized carbons (Fsp3) is 0.538. The highest BCUT2D eigenvalue weighted by atomic mass is 16.5. The maximum Gasteiger partial charge on any atom is 0.172 e. The molecule has 0 fully saturated rings. The van der Waals surface area contributed by atoms with E-state index in [1.54, 1.807) is 13.2 Å². The molecule has 0 saturated carbocycles. The lowest BCUT2D eigenvalue weighted by atomic mass is 10.1. The van der Waals surface area contributed by atoms with E-state index in [4.69, 9.17) is 9.47 Å². The standard InChI is InChI=1S/C13H19NO3/c1-10-5-6-12(11(9-15)14-10)17-8-7-13(2,3)16-4/h5-6,9H,7-8H2,1-4H3. The predicted molar refractivity (Wildman–Crippen MR) is 65.6 cm³/mol. The Kier molecular flexibility index (Phi) is 4.63. The van der Waals surface area contributed by atoms with Crippen LogP contribution in [0.4, 0.5) is 0 Å². The minimum Gasteiger partial charge on any atom is -0.491 e. The van der Waals surface area contributed by atoms with E-state index in [-0.39, 0.29) is 5.60 Å². The van der Waals surface area contributed by atoms with Crippen molar-refractivity contribution in [3.63, 3.8) is 0 Å². The molecule has 0 radical (unpaired) electrons. The van der Waals surface area contributed by atoms with E-state index in [0.29, 0.717) is 24.3 Å². The average molecular weight is 237 g/mol. The van der Waals surface area contributed by atoms with Gasteiger partial charge in [-0.25, -0.2) is 4.98 Å². The number of pyridine rings is 1. The minimum atomic E-state index is -0.223. The van der Waals surface area contributed by atoms with Gasteiger partial charge in [0.1, 0.15) is 11.4 Å². The molecule has 1 heterocycles. The first-order valence-corrected chi connectivity index (χ1v) is 5.59. The molecule has 0 spiro atoms. The number of rotatable bonds is 6. The third kappa shape index (κ3) is 4.15. The third-order valence-electron chi connectivity index (χ3n) is 2.65. The molecule has 4 nitrogen and oxygen atoms in total. The Morgan fingerprint density at radius 3 is 2.71 bits per heavy atom. The van der Waals surface area contributed by atoms with Gasteiger partial charge in [0, 0.05) is 19.2 Å². The van der Waals surface area contributed by atoms with Crippen LogP contribution < -0.4 is 4.74 Å². The maximum atomic E-state index is 10.8. The van der Waals surface area contributed by atoms with E-state index in [1.807, 2.05) is 26.8 Å². The maximum absolute atomic E-state index is 10.8. The van der Waals surface area contributed by atoms with E-state index in [0.717, 1.165) is 12.1 Å². The van der Waals surface area contributed by atoms with Crippen LogP contribution in [-0.4, -0.2) is 30.6 Å². The number of aromatic nitrogens is 1. The summed E-state index contributed by atoms with van der Waals surface area (Å²) in [5.74, 6) is 0.525. The smallest absolute Gasteiger partial charge is 0.172 e. The molecule has 0 atom stereocenters. The Bertz CT molecular complexity index is 388. The number of hydrogen-bond donors (Lipinski definition) is 0. The Labute approximate surface area is 102 Å². The van der Waals surface area contributed by atoms with E-state index in [9.17, 15) is 4.79 Å². The van der Waals surface area contributed by atoms with Crippen LogP contribution in [0.1, 0.15) is 36.5 Å². The first-order chi connectivity index (χ1) is 7.98. The van der Waals surface area contributed by atoms with Crippen molar-refractivity contribution >= 4 is 6.29 Å². The Morgan fingerprint density at radius 2 is 2.12 bits per heavy atom. The van der Waals surface area contributed by atoms with Gasteiger partial charge < -0.3 is 9.47 Å². The molecule has 0 aliphatic carbocycles. The van der Waals surface area contributed by atoms with Gasteiger partial charge in [0.2, 0.25) is 0 Å². The van der Waals surface area contributed by atoms with Crippen molar-refractivity contribution in [1.82, 2.24) is 4.98 Å². The van der Waals surface area contributed by atoms with E-state index < -0.39 is 0 Å². The predicted octanol–water partition coefficient (Wildman–Crippen LogP) is 2.40. The third-order valence-corrected chi connectivity index (χ3v) is 2.65. The second-order valence-corrected chi connectivity index (χ2v) is 4.52. The summed E-state index contributed by atoms with van der Waals surface area (Å²) in [5, 5.41) is 0. The largest absolute Gasteiger partial charge is 0.491 e. The van der Waals surface area contributed by atoms with Crippen molar-refractivity contribution in [3.8, 4) is 5.75 Å². The molecular weight excluding hydrogens is 218 g/mol. The van der Waals surface area contributed by atoms with Gasteiger partial charge in [-0.2, -0.15) is 0 Å². The zero-order chi connectivity index (χ0) is 12.9. The topological polar surface area (TPSA) is 48.4 Å². The number of aryl methyl sites for hydroxylation is 1. The summed E-state index contributed by atoms with van der Waals surface area (Å²) in [5.41, 5.74) is 0.927. The van der Waals surface area contributed by atoms with Crippen molar-refractivity contribution < 1.29 is 14.3 Å². The van der Waals surface area contributed by atoms with Crippen molar-refractivity contribution in [2.75, 3.05) is 13.7 Å². The highest BCUT2D eigenvalue weighted by Gasteiger charge is 2.16. The van der Waals surface area contributed by atoms with Gasteiger partial charge in [0.25, 0.3) is 0 Å². The normalized spacial score (nSPS) is 11.3. The van der Waals surface area contributed by atoms with Crippen LogP contribution in [-0.2, 0) is 4.74 Å². The molecule has 0 aliphatic heterocycles. The molecule has 0 bridgehead atoms. The Morgan fingerprint density at radius 1 is 1.41 bits per heavy atom. The molecule has 0 amide bonds. The number of nitrogens with zero attached hydrogens (tertiary/aromatic N) is 1. The molecule has 94 valence electrons. The van der Waals surface area contributed by atoms with Gasteiger partial charge in [-0.05, 0) is 32.9 Å². The van der Waals surface area contributed by atoms with Crippen LogP contribution in [0.5, 0.6) is 5.75 Å². The van der Waals surface area contributed by atoms with Gasteiger partial charge in [-0.1, -0.05) is 0 Å². The van der Waals surface area contributed by atoms with Crippen LogP contribution in [0.3, 0.4) is 0 Å². The number of carbonyl (C=O) groups is 1. The fourth-order valence-corrected chi connectivity index (χ4v) is 1.28. The first-order valence-electron chi connectivity index (χ1n) is 5.59. The van der Waals surface area contributed by atoms with Crippen LogP contribution in [0.2, 0.25) is 0 Å². The van der Waals surface area contributed by atoms with Crippen molar-refractivity contribution in [1.29, 1.82) is 0 Å². The molecular formula is C13H19NO3. The second-order valence-electron chi connectivity index (χ2n) is 4.52. The van der Waals surface area contributed by atoms with Gasteiger partial charge in [0.15, 0.2) is 6.29 Å². The number of ether oxygens (including phenoxy) is 2. The molecule has 0 N–H and O–H groups in total. The molecule has 0 aliphatic rings. The van der Waals surface area contributed by atoms with Crippen molar-refractivity contribution in [2.45, 2.75) is 32.8 Å². The molecule has 1 aromatic rings. The number of aldehydes is 1. The molecule has 17 heavy (non-hydrogen) atoms. The summed E-state index contributed by atoms with van der Waals surface area (Å²) < 4.78 is 10.8. The molecule has 0 unspecified atom stereocenters. The summed E-state index contributed by atoms with van der Waals surface area (Å²) in [6.07, 6.45) is 1.46. The monoisotopic (exact) mass is 237 g/mol. The summed E-state index contributed by atoms with van der Waals surface area (Å²) in [7, 11) is 1.67. The van der Waals surface area contributed by atoms with Gasteiger partial charge >= 0.3 is 0 Å². The summed E-state index contributed by atoms with van der Waals surface area (Å²) in [4.78, 5) is 14.9. The van der Waals surface area contributed by atoms with Crippen molar-refractivity contribution in [2.24, 2.45) is 0 Å². The van der Waals surface area contributed by atoms with Gasteiger partial charge in [0.05, 0.1) is 12.2 Å². The SMILES string of the molecule is COC(C)(C)CCOc1ccc(C)nc1C=O. The zero-order valence-corrected chi connectivity index (χ0v) is 10.8. The fourth-order valence-electron chi connectivity index (χ4n) is 1.28. The lowest BCUT2D eigenvalue weighted by molar-refractivity contribution is 0.00539. The second kappa shape index (κ2) is 5.77. The van der Waals surface area contributed by atoms with Gasteiger partial charge in [-0.3, -0.25) is 4.79 Å². The van der Waals surface area contributed by atoms with Gasteiger partial charge in [-0.15, -0.1) is 0 Å². The van der Waals surface area contributed by atoms with Crippen LogP contribution in [0.15, 0.2) is 12.1 Å². The van der Waals surface area contributed by atoms with E-state index in [2.05, 4.69) is 4.98 Å². The summed E-state index contributed by atoms with van der Waals surface area (Å²) in [6.45, 7) is 6.31. The van der Waals surface area contributed by atoms with E-state index >= 15 is 0 Å². The lowest BCUT2D eigenvalue weighted by Crippen LogP contribution is -2.25. The Balaban J connectivity index is 2.60. The van der Waals surface area contributed by atoms with Crippen LogP contribution in [0.25, 0.3) is 0 Å². The zero-order valence-electron chi connectivity index (χ0n) is 10.8. The number of carbonyl (C=O) groups excluding carboxylic acids is 1. The van der Waals surface area contributed by atoms with Crippen LogP contribution >= 0.6 is 0 Å². The van der Waals surface area contributed by atoms with E-state index in [1.165, 1.54) is 0 Å². The quantitative estimate of drug-likeness (QED) is 0.713. The average Bonchev–Trinajstić information content (AvgIpc) is 2.30. The summed E-state index contributed by atoms with van der Waals surface area (Å²) in [6, 6.07) is 3.59. The molecule has 4 heteroatoms. The highest BCUT2D eigenvalue weighted by Crippen LogP contribution is 2.18. The molecule has 1 aromatic heterocycles. The Hall–Kier alpha value is -1.42. The molecule has 0 aromatic carbocycles. The number of methoxy groups -OCH3 is 1. The van der Waals surface area contributed by atoms with Crippen LogP contribution in [0, 0.1) is 6.92 Å². The lowest BCUT2D eigenvalue weighted by Gasteiger charge is -2.22. The minimum absolute atomic E-state index is 0.223. The first kappa shape index (κ1) is 13.6. The summed E-state index contributed by atoms with van der Waals surface area (Å²) >= 11 is 0.